The Morgan fingerprint density at radius 1 is 1.12 bits per heavy atom. The second kappa shape index (κ2) is 8.11. The zero-order valence-electron chi connectivity index (χ0n) is 15.5. The molecule has 134 valence electrons. The molecule has 0 saturated heterocycles. The summed E-state index contributed by atoms with van der Waals surface area (Å²) in [5.41, 5.74) is 4.20. The summed E-state index contributed by atoms with van der Waals surface area (Å²) < 4.78 is 11.4. The number of rotatable bonds is 7. The fourth-order valence-corrected chi connectivity index (χ4v) is 3.06. The van der Waals surface area contributed by atoms with E-state index in [1.165, 1.54) is 0 Å². The zero-order chi connectivity index (χ0) is 18.5. The van der Waals surface area contributed by atoms with E-state index in [4.69, 9.17) is 14.9 Å². The molecule has 1 N–H and O–H groups in total. The van der Waals surface area contributed by atoms with Crippen molar-refractivity contribution in [2.75, 3.05) is 7.11 Å². The lowest BCUT2D eigenvalue weighted by molar-refractivity contribution is 0.152. The molecule has 0 amide bonds. The van der Waals surface area contributed by atoms with Crippen molar-refractivity contribution in [3.63, 3.8) is 0 Å². The van der Waals surface area contributed by atoms with Gasteiger partial charge < -0.3 is 14.9 Å². The molecule has 1 aromatic heterocycles. The monoisotopic (exact) mass is 348 g/mol. The highest BCUT2D eigenvalue weighted by atomic mass is 16.5. The van der Waals surface area contributed by atoms with E-state index in [1.807, 2.05) is 68.4 Å². The lowest BCUT2D eigenvalue weighted by atomic mass is 9.98. The number of fused-ring (bicyclic) bond motifs is 1. The maximum absolute atomic E-state index is 8.53. The molecule has 0 saturated carbocycles. The highest BCUT2D eigenvalue weighted by Crippen LogP contribution is 2.25. The van der Waals surface area contributed by atoms with E-state index < -0.39 is 0 Å². The van der Waals surface area contributed by atoms with E-state index in [1.54, 1.807) is 7.11 Å². The second-order valence-corrected chi connectivity index (χ2v) is 6.31. The molecule has 4 heteroatoms. The first-order chi connectivity index (χ1) is 12.6. The Hall–Kier alpha value is -2.72. The molecule has 1 heterocycles. The lowest BCUT2D eigenvalue weighted by Gasteiger charge is -2.17. The summed E-state index contributed by atoms with van der Waals surface area (Å²) in [6.07, 6.45) is 0.547. The number of benzene rings is 2. The second-order valence-electron chi connectivity index (χ2n) is 6.31. The van der Waals surface area contributed by atoms with Gasteiger partial charge in [0, 0.05) is 29.8 Å². The zero-order valence-corrected chi connectivity index (χ0v) is 15.5. The number of nitrogens with one attached hydrogen (secondary N) is 1. The number of hydrogen-bond acceptors (Lipinski definition) is 4. The van der Waals surface area contributed by atoms with Gasteiger partial charge in [-0.25, -0.2) is 0 Å². The predicted molar refractivity (Wildman–Crippen MR) is 105 cm³/mol. The van der Waals surface area contributed by atoms with Crippen LogP contribution >= 0.6 is 0 Å². The van der Waals surface area contributed by atoms with Crippen LogP contribution in [-0.4, -0.2) is 23.9 Å². The van der Waals surface area contributed by atoms with Gasteiger partial charge in [0.2, 0.25) is 0 Å². The Labute approximate surface area is 154 Å². The maximum Gasteiger partial charge on any atom is 0.122 e. The number of aromatic nitrogens is 1. The molecular weight excluding hydrogens is 324 g/mol. The van der Waals surface area contributed by atoms with Gasteiger partial charge in [0.1, 0.15) is 12.4 Å². The van der Waals surface area contributed by atoms with Gasteiger partial charge in [0.05, 0.1) is 17.3 Å². The summed E-state index contributed by atoms with van der Waals surface area (Å²) in [5.74, 6) is 0.774. The molecule has 3 aromatic rings. The lowest BCUT2D eigenvalue weighted by Crippen LogP contribution is -2.22. The van der Waals surface area contributed by atoms with E-state index >= 15 is 0 Å². The van der Waals surface area contributed by atoms with Crippen LogP contribution in [0.15, 0.2) is 54.6 Å². The van der Waals surface area contributed by atoms with Gasteiger partial charge in [0.25, 0.3) is 0 Å². The summed E-state index contributed by atoms with van der Waals surface area (Å²) >= 11 is 0. The fraction of sp³-hybridized carbons (Fsp3) is 0.273. The van der Waals surface area contributed by atoms with Gasteiger partial charge >= 0.3 is 0 Å². The molecule has 0 aliphatic heterocycles. The quantitative estimate of drug-likeness (QED) is 0.617. The minimum absolute atomic E-state index is 0.214. The maximum atomic E-state index is 8.53. The average molecular weight is 348 g/mol. The first-order valence-corrected chi connectivity index (χ1v) is 8.82. The topological polar surface area (TPSA) is 55.2 Å². The van der Waals surface area contributed by atoms with Gasteiger partial charge in [-0.1, -0.05) is 37.3 Å². The van der Waals surface area contributed by atoms with Crippen molar-refractivity contribution in [3.05, 3.63) is 71.4 Å². The van der Waals surface area contributed by atoms with E-state index in [0.717, 1.165) is 39.9 Å². The van der Waals surface area contributed by atoms with Crippen LogP contribution < -0.4 is 4.74 Å². The van der Waals surface area contributed by atoms with Crippen LogP contribution in [0.4, 0.5) is 0 Å². The van der Waals surface area contributed by atoms with E-state index in [9.17, 15) is 0 Å². The van der Waals surface area contributed by atoms with Crippen molar-refractivity contribution in [2.24, 2.45) is 0 Å². The first-order valence-electron chi connectivity index (χ1n) is 8.82. The molecule has 1 atom stereocenters. The molecule has 3 rings (SSSR count). The molecule has 0 spiro atoms. The molecule has 0 bridgehead atoms. The smallest absolute Gasteiger partial charge is 0.122 e. The number of aryl methyl sites for hydroxylation is 1. The SMILES string of the molecule is CC[C@H](OC)C(=N)c1cc(C)nc2cc(OCc3ccccc3)ccc12. The fourth-order valence-electron chi connectivity index (χ4n) is 3.06. The summed E-state index contributed by atoms with van der Waals surface area (Å²) in [7, 11) is 1.65. The number of nitrogens with zero attached hydrogens (tertiary/aromatic N) is 1. The molecule has 0 fully saturated rings. The summed E-state index contributed by atoms with van der Waals surface area (Å²) in [6, 6.07) is 17.9. The predicted octanol–water partition coefficient (Wildman–Crippen LogP) is 4.92. The minimum Gasteiger partial charge on any atom is -0.489 e. The van der Waals surface area contributed by atoms with E-state index in [2.05, 4.69) is 4.98 Å². The Morgan fingerprint density at radius 3 is 2.58 bits per heavy atom. The van der Waals surface area contributed by atoms with Crippen molar-refractivity contribution in [2.45, 2.75) is 33.0 Å². The third-order valence-electron chi connectivity index (χ3n) is 4.43. The van der Waals surface area contributed by atoms with Gasteiger partial charge in [-0.3, -0.25) is 4.98 Å². The Balaban J connectivity index is 1.91. The third kappa shape index (κ3) is 3.92. The van der Waals surface area contributed by atoms with Gasteiger partial charge in [0.15, 0.2) is 0 Å². The molecule has 0 unspecified atom stereocenters. The molecule has 0 aliphatic carbocycles. The molecule has 0 aliphatic rings. The van der Waals surface area contributed by atoms with Crippen LogP contribution in [0.25, 0.3) is 10.9 Å². The van der Waals surface area contributed by atoms with Crippen LogP contribution in [0.3, 0.4) is 0 Å². The van der Waals surface area contributed by atoms with Gasteiger partial charge in [-0.15, -0.1) is 0 Å². The van der Waals surface area contributed by atoms with Gasteiger partial charge in [-0.2, -0.15) is 0 Å². The van der Waals surface area contributed by atoms with E-state index in [-0.39, 0.29) is 6.10 Å². The van der Waals surface area contributed by atoms with Crippen LogP contribution in [0.5, 0.6) is 5.75 Å². The highest BCUT2D eigenvalue weighted by Gasteiger charge is 2.17. The number of hydrogen-bond donors (Lipinski definition) is 1. The Morgan fingerprint density at radius 2 is 1.88 bits per heavy atom. The summed E-state index contributed by atoms with van der Waals surface area (Å²) in [5, 5.41) is 9.48. The average Bonchev–Trinajstić information content (AvgIpc) is 2.67. The molecular formula is C22H24N2O2. The van der Waals surface area contributed by atoms with Crippen molar-refractivity contribution in [1.82, 2.24) is 4.98 Å². The normalized spacial score (nSPS) is 12.1. The van der Waals surface area contributed by atoms with Crippen molar-refractivity contribution in [3.8, 4) is 5.75 Å². The third-order valence-corrected chi connectivity index (χ3v) is 4.43. The van der Waals surface area contributed by atoms with E-state index in [0.29, 0.717) is 12.3 Å². The van der Waals surface area contributed by atoms with Crippen LogP contribution in [-0.2, 0) is 11.3 Å². The standard InChI is InChI=1S/C22H24N2O2/c1-4-21(25-3)22(23)19-12-15(2)24-20-13-17(10-11-18(19)20)26-14-16-8-6-5-7-9-16/h5-13,21,23H,4,14H2,1-3H3/t21-/m0/s1. The number of pyridine rings is 1. The van der Waals surface area contributed by atoms with Crippen LogP contribution in [0.1, 0.15) is 30.2 Å². The van der Waals surface area contributed by atoms with Crippen molar-refractivity contribution >= 4 is 16.6 Å². The van der Waals surface area contributed by atoms with Crippen LogP contribution in [0.2, 0.25) is 0 Å². The van der Waals surface area contributed by atoms with Crippen molar-refractivity contribution < 1.29 is 9.47 Å². The largest absolute Gasteiger partial charge is 0.489 e. The molecule has 2 aromatic carbocycles. The van der Waals surface area contributed by atoms with Crippen LogP contribution in [0, 0.1) is 12.3 Å². The Kier molecular flexibility index (Phi) is 5.64. The summed E-state index contributed by atoms with van der Waals surface area (Å²) in [4.78, 5) is 4.63. The minimum atomic E-state index is -0.214. The molecule has 4 nitrogen and oxygen atoms in total. The molecule has 0 radical (unpaired) electrons. The molecule has 26 heavy (non-hydrogen) atoms. The first kappa shape index (κ1) is 18.1. The Bertz CT molecular complexity index is 903. The summed E-state index contributed by atoms with van der Waals surface area (Å²) in [6.45, 7) is 4.48. The van der Waals surface area contributed by atoms with Gasteiger partial charge in [-0.05, 0) is 37.1 Å². The van der Waals surface area contributed by atoms with Crippen molar-refractivity contribution in [1.29, 1.82) is 5.41 Å². The highest BCUT2D eigenvalue weighted by molar-refractivity contribution is 6.11. The number of methoxy groups -OCH3 is 1. The number of ether oxygens (including phenoxy) is 2.